The maximum absolute atomic E-state index is 12.9. The number of hydrogen-bond donors (Lipinski definition) is 2. The summed E-state index contributed by atoms with van der Waals surface area (Å²) in [5.74, 6) is -2.02. The van der Waals surface area contributed by atoms with Crippen LogP contribution in [0.4, 0.5) is 0 Å². The third-order valence-corrected chi connectivity index (χ3v) is 6.81. The van der Waals surface area contributed by atoms with Gasteiger partial charge in [0.1, 0.15) is 11.9 Å². The molecule has 6 heteroatoms. The number of allylic oxidation sites excluding steroid dienone is 8. The summed E-state index contributed by atoms with van der Waals surface area (Å²) in [4.78, 5) is 35.2. The Morgan fingerprint density at radius 3 is 2.32 bits per heavy atom. The van der Waals surface area contributed by atoms with Crippen molar-refractivity contribution in [2.24, 2.45) is 29.6 Å². The number of ketones is 1. The molecule has 0 saturated heterocycles. The Labute approximate surface area is 228 Å². The van der Waals surface area contributed by atoms with Gasteiger partial charge < -0.3 is 14.9 Å². The van der Waals surface area contributed by atoms with Crippen molar-refractivity contribution in [2.75, 3.05) is 0 Å². The second-order valence-corrected chi connectivity index (χ2v) is 10.9. The highest BCUT2D eigenvalue weighted by molar-refractivity contribution is 5.85. The minimum absolute atomic E-state index is 0.0378. The van der Waals surface area contributed by atoms with Crippen molar-refractivity contribution in [3.63, 3.8) is 0 Å². The van der Waals surface area contributed by atoms with Gasteiger partial charge in [-0.3, -0.25) is 4.79 Å². The standard InChI is InChI=1S/C32H46O6/c1-20(16-22(3)12-14-28-24(5)13-15-30(35)38-28)10-9-11-21(2)17-25(6)31(36)27(8)32(37)26(7)18-23(4)19-29(33)34/h9,11-17,19-20,24-28,32,37H,10,18H2,1-8H3,(H,33,34)/b11-9+,14-12+,21-17+,22-16-,23-19+/t20?,24-,25?,26?,27?,28-,32?/m0/s1. The predicted molar refractivity (Wildman–Crippen MR) is 152 cm³/mol. The van der Waals surface area contributed by atoms with Gasteiger partial charge in [-0.25, -0.2) is 9.59 Å². The number of carbonyl (C=O) groups excluding carboxylic acids is 2. The predicted octanol–water partition coefficient (Wildman–Crippen LogP) is 6.39. The van der Waals surface area contributed by atoms with Gasteiger partial charge in [0.05, 0.1) is 6.10 Å². The van der Waals surface area contributed by atoms with Gasteiger partial charge in [-0.15, -0.1) is 0 Å². The van der Waals surface area contributed by atoms with Crippen LogP contribution >= 0.6 is 0 Å². The summed E-state index contributed by atoms with van der Waals surface area (Å²) in [7, 11) is 0. The van der Waals surface area contributed by atoms with Crippen LogP contribution in [0.1, 0.15) is 68.2 Å². The Hall–Kier alpha value is -2.99. The Morgan fingerprint density at radius 2 is 1.68 bits per heavy atom. The maximum atomic E-state index is 12.9. The van der Waals surface area contributed by atoms with Crippen LogP contribution in [0.15, 0.2) is 71.4 Å². The van der Waals surface area contributed by atoms with E-state index in [-0.39, 0.29) is 35.6 Å². The summed E-state index contributed by atoms with van der Waals surface area (Å²) in [5, 5.41) is 19.5. The van der Waals surface area contributed by atoms with Gasteiger partial charge in [0.2, 0.25) is 0 Å². The molecule has 0 fully saturated rings. The normalized spacial score (nSPS) is 23.3. The van der Waals surface area contributed by atoms with E-state index in [0.717, 1.165) is 23.6 Å². The van der Waals surface area contributed by atoms with Gasteiger partial charge in [-0.2, -0.15) is 0 Å². The van der Waals surface area contributed by atoms with Crippen LogP contribution in [0.25, 0.3) is 0 Å². The number of aliphatic hydroxyl groups excluding tert-OH is 1. The van der Waals surface area contributed by atoms with E-state index in [9.17, 15) is 19.5 Å². The van der Waals surface area contributed by atoms with Crippen molar-refractivity contribution in [1.82, 2.24) is 0 Å². The highest BCUT2D eigenvalue weighted by Gasteiger charge is 2.29. The lowest BCUT2D eigenvalue weighted by Gasteiger charge is -2.25. The first-order chi connectivity index (χ1) is 17.7. The fraction of sp³-hybridized carbons (Fsp3) is 0.531. The van der Waals surface area contributed by atoms with Gasteiger partial charge in [0.15, 0.2) is 0 Å². The molecule has 0 aromatic carbocycles. The third-order valence-electron chi connectivity index (χ3n) is 6.81. The summed E-state index contributed by atoms with van der Waals surface area (Å²) in [6.07, 6.45) is 16.8. The van der Waals surface area contributed by atoms with Crippen molar-refractivity contribution < 1.29 is 29.3 Å². The first-order valence-corrected chi connectivity index (χ1v) is 13.4. The number of carboxylic acid groups (broad SMARTS) is 1. The van der Waals surface area contributed by atoms with Crippen molar-refractivity contribution in [3.8, 4) is 0 Å². The molecule has 1 rings (SSSR count). The number of cyclic esters (lactones) is 1. The number of aliphatic carboxylic acids is 1. The summed E-state index contributed by atoms with van der Waals surface area (Å²) in [6.45, 7) is 15.3. The Balaban J connectivity index is 2.63. The average molecular weight is 527 g/mol. The number of carbonyl (C=O) groups is 3. The topological polar surface area (TPSA) is 101 Å². The van der Waals surface area contributed by atoms with Crippen LogP contribution in [-0.4, -0.2) is 40.1 Å². The van der Waals surface area contributed by atoms with Crippen LogP contribution < -0.4 is 0 Å². The number of Topliss-reactive ketones (excluding diaryl/α,β-unsaturated/α-hetero) is 1. The smallest absolute Gasteiger partial charge is 0.331 e. The maximum Gasteiger partial charge on any atom is 0.331 e. The number of rotatable bonds is 14. The Bertz CT molecular complexity index is 1010. The third kappa shape index (κ3) is 12.0. The van der Waals surface area contributed by atoms with Crippen LogP contribution in [0.3, 0.4) is 0 Å². The van der Waals surface area contributed by atoms with E-state index < -0.39 is 18.0 Å². The molecule has 0 aromatic heterocycles. The molecule has 7 atom stereocenters. The van der Waals surface area contributed by atoms with E-state index in [1.54, 1.807) is 13.8 Å². The Kier molecular flexibility index (Phi) is 14.0. The molecule has 0 saturated carbocycles. The molecule has 0 amide bonds. The van der Waals surface area contributed by atoms with E-state index >= 15 is 0 Å². The molecule has 1 aliphatic rings. The summed E-state index contributed by atoms with van der Waals surface area (Å²) in [5.41, 5.74) is 2.75. The lowest BCUT2D eigenvalue weighted by atomic mass is 9.83. The second kappa shape index (κ2) is 16.1. The molecule has 0 aromatic rings. The van der Waals surface area contributed by atoms with Gasteiger partial charge >= 0.3 is 11.9 Å². The molecule has 2 N–H and O–H groups in total. The molecule has 1 heterocycles. The number of ether oxygens (including phenoxy) is 1. The monoisotopic (exact) mass is 526 g/mol. The minimum Gasteiger partial charge on any atom is -0.478 e. The lowest BCUT2D eigenvalue weighted by molar-refractivity contribution is -0.143. The van der Waals surface area contributed by atoms with E-state index in [4.69, 9.17) is 9.84 Å². The zero-order valence-electron chi connectivity index (χ0n) is 24.2. The molecule has 6 nitrogen and oxygen atoms in total. The molecule has 38 heavy (non-hydrogen) atoms. The fourth-order valence-corrected chi connectivity index (χ4v) is 4.63. The first-order valence-electron chi connectivity index (χ1n) is 13.4. The summed E-state index contributed by atoms with van der Waals surface area (Å²) < 4.78 is 5.34. The molecule has 0 aliphatic carbocycles. The fourth-order valence-electron chi connectivity index (χ4n) is 4.63. The van der Waals surface area contributed by atoms with E-state index in [0.29, 0.717) is 17.9 Å². The lowest BCUT2D eigenvalue weighted by Crippen LogP contribution is -2.34. The molecule has 5 unspecified atom stereocenters. The summed E-state index contributed by atoms with van der Waals surface area (Å²) in [6, 6.07) is 0. The number of carboxylic acids is 1. The number of esters is 1. The SMILES string of the molecule is CC(=C/C(C)C/C=C/C(C)=C/C(C)C(=O)C(C)C(O)C(C)C/C(C)=C/C(=O)O)/C=C/[C@@H]1OC(=O)C=C[C@@H]1C. The molecular formula is C32H46O6. The number of aliphatic hydroxyl groups is 1. The Morgan fingerprint density at radius 1 is 1.05 bits per heavy atom. The largest absolute Gasteiger partial charge is 0.478 e. The molecule has 0 radical (unpaired) electrons. The molecule has 210 valence electrons. The number of hydrogen-bond acceptors (Lipinski definition) is 5. The minimum atomic E-state index is -1.01. The van der Waals surface area contributed by atoms with Crippen LogP contribution in [0.5, 0.6) is 0 Å². The molecule has 0 spiro atoms. The van der Waals surface area contributed by atoms with Crippen molar-refractivity contribution in [1.29, 1.82) is 0 Å². The van der Waals surface area contributed by atoms with Gasteiger partial charge in [-0.1, -0.05) is 87.8 Å². The van der Waals surface area contributed by atoms with Crippen molar-refractivity contribution >= 4 is 17.7 Å². The highest BCUT2D eigenvalue weighted by Crippen LogP contribution is 2.24. The average Bonchev–Trinajstić information content (AvgIpc) is 2.82. The zero-order chi connectivity index (χ0) is 29.0. The quantitative estimate of drug-likeness (QED) is 0.154. The van der Waals surface area contributed by atoms with Crippen molar-refractivity contribution in [3.05, 3.63) is 71.4 Å². The molecular weight excluding hydrogens is 480 g/mol. The molecule has 0 bridgehead atoms. The van der Waals surface area contributed by atoms with Gasteiger partial charge in [-0.05, 0) is 51.5 Å². The molecule has 1 aliphatic heterocycles. The van der Waals surface area contributed by atoms with Gasteiger partial charge in [0, 0.05) is 29.9 Å². The zero-order valence-corrected chi connectivity index (χ0v) is 24.2. The van der Waals surface area contributed by atoms with Gasteiger partial charge in [0.25, 0.3) is 0 Å². The van der Waals surface area contributed by atoms with Crippen LogP contribution in [0.2, 0.25) is 0 Å². The first kappa shape index (κ1) is 33.0. The summed E-state index contributed by atoms with van der Waals surface area (Å²) >= 11 is 0. The van der Waals surface area contributed by atoms with E-state index in [1.807, 2.05) is 65.0 Å². The van der Waals surface area contributed by atoms with Crippen LogP contribution in [0, 0.1) is 29.6 Å². The van der Waals surface area contributed by atoms with E-state index in [2.05, 4.69) is 19.1 Å². The van der Waals surface area contributed by atoms with Crippen molar-refractivity contribution in [2.45, 2.75) is 80.4 Å². The second-order valence-electron chi connectivity index (χ2n) is 10.9. The van der Waals surface area contributed by atoms with Crippen LogP contribution in [-0.2, 0) is 19.1 Å². The van der Waals surface area contributed by atoms with E-state index in [1.165, 1.54) is 6.08 Å². The highest BCUT2D eigenvalue weighted by atomic mass is 16.5.